The Morgan fingerprint density at radius 2 is 1.91 bits per heavy atom. The van der Waals surface area contributed by atoms with Gasteiger partial charge in [0, 0.05) is 43.9 Å². The molecule has 3 aliphatic heterocycles. The first-order chi connectivity index (χ1) is 15.2. The molecule has 0 unspecified atom stereocenters. The number of sulfone groups is 1. The molecule has 11 heteroatoms. The minimum atomic E-state index is -3.08. The van der Waals surface area contributed by atoms with Crippen LogP contribution in [-0.2, 0) is 19.4 Å². The lowest BCUT2D eigenvalue weighted by Crippen LogP contribution is -2.37. The number of rotatable bonds is 5. The van der Waals surface area contributed by atoms with Crippen LogP contribution in [0.2, 0.25) is 0 Å². The molecule has 1 aromatic carbocycles. The molecule has 3 heterocycles. The van der Waals surface area contributed by atoms with E-state index in [1.54, 1.807) is 31.3 Å². The number of amidine groups is 1. The third-order valence-corrected chi connectivity index (χ3v) is 8.93. The quantitative estimate of drug-likeness (QED) is 0.679. The van der Waals surface area contributed by atoms with Crippen molar-refractivity contribution >= 4 is 50.2 Å². The van der Waals surface area contributed by atoms with Gasteiger partial charge in [-0.2, -0.15) is 4.99 Å². The average Bonchev–Trinajstić information content (AvgIpc) is 3.48. The van der Waals surface area contributed by atoms with Crippen LogP contribution < -0.4 is 5.32 Å². The van der Waals surface area contributed by atoms with Gasteiger partial charge in [-0.05, 0) is 43.5 Å². The van der Waals surface area contributed by atoms with Crippen LogP contribution in [0.1, 0.15) is 36.0 Å². The lowest BCUT2D eigenvalue weighted by molar-refractivity contribution is -0.121. The van der Waals surface area contributed by atoms with Crippen molar-refractivity contribution in [2.45, 2.75) is 37.0 Å². The fourth-order valence-electron chi connectivity index (χ4n) is 4.08. The Hall–Kier alpha value is -2.40. The molecule has 0 aliphatic carbocycles. The summed E-state index contributed by atoms with van der Waals surface area (Å²) in [5.74, 6) is -0.729. The number of thioether (sulfide) groups is 1. The van der Waals surface area contributed by atoms with E-state index in [9.17, 15) is 22.8 Å². The molecule has 2 atom stereocenters. The number of aliphatic imine (C=N–C) groups is 1. The Balaban J connectivity index is 1.29. The Bertz CT molecular complexity index is 1050. The van der Waals surface area contributed by atoms with E-state index in [2.05, 4.69) is 15.2 Å². The molecule has 0 spiro atoms. The largest absolute Gasteiger partial charge is 0.351 e. The van der Waals surface area contributed by atoms with E-state index >= 15 is 0 Å². The van der Waals surface area contributed by atoms with Gasteiger partial charge in [0.2, 0.25) is 5.91 Å². The second-order valence-electron chi connectivity index (χ2n) is 8.34. The average molecular weight is 479 g/mol. The van der Waals surface area contributed by atoms with Gasteiger partial charge < -0.3 is 15.1 Å². The maximum absolute atomic E-state index is 12.7. The number of hydrogen-bond donors (Lipinski definition) is 1. The maximum Gasteiger partial charge on any atom is 0.262 e. The molecule has 0 saturated carbocycles. The normalized spacial score (nSPS) is 24.5. The summed E-state index contributed by atoms with van der Waals surface area (Å²) < 4.78 is 23.3. The summed E-state index contributed by atoms with van der Waals surface area (Å²) in [6, 6.07) is 6.13. The van der Waals surface area contributed by atoms with E-state index in [1.165, 1.54) is 16.7 Å². The number of carbonyl (C=O) groups is 3. The van der Waals surface area contributed by atoms with Crippen molar-refractivity contribution < 1.29 is 22.8 Å². The lowest BCUT2D eigenvalue weighted by atomic mass is 10.1. The molecule has 9 nitrogen and oxygen atoms in total. The summed E-state index contributed by atoms with van der Waals surface area (Å²) in [6.45, 7) is 1.80. The second kappa shape index (κ2) is 9.22. The van der Waals surface area contributed by atoms with Crippen LogP contribution in [0.4, 0.5) is 5.69 Å². The van der Waals surface area contributed by atoms with Crippen LogP contribution >= 0.6 is 11.8 Å². The zero-order valence-electron chi connectivity index (χ0n) is 17.8. The summed E-state index contributed by atoms with van der Waals surface area (Å²) in [7, 11) is -1.47. The number of hydrogen-bond acceptors (Lipinski definition) is 7. The first-order valence-corrected chi connectivity index (χ1v) is 13.3. The molecule has 172 valence electrons. The minimum absolute atomic E-state index is 0.00946. The summed E-state index contributed by atoms with van der Waals surface area (Å²) in [6.07, 6.45) is 2.66. The standard InChI is InChI=1S/C21H26N4O5S2/c1-24(16-8-11-32(29,30)13-16)20(28)14-4-6-15(7-5-14)22-18(26)12-17-19(27)23-21(31-17)25-9-2-3-10-25/h4-7,16-17H,2-3,8-13H2,1H3,(H,22,26)/t16-,17-/m0/s1. The van der Waals surface area contributed by atoms with Crippen LogP contribution in [0.15, 0.2) is 29.3 Å². The summed E-state index contributed by atoms with van der Waals surface area (Å²) >= 11 is 1.35. The van der Waals surface area contributed by atoms with Gasteiger partial charge in [-0.1, -0.05) is 11.8 Å². The molecule has 2 fully saturated rings. The monoisotopic (exact) mass is 478 g/mol. The van der Waals surface area contributed by atoms with Crippen LogP contribution in [0.25, 0.3) is 0 Å². The van der Waals surface area contributed by atoms with E-state index in [0.29, 0.717) is 22.8 Å². The highest BCUT2D eigenvalue weighted by Gasteiger charge is 2.34. The van der Waals surface area contributed by atoms with Gasteiger partial charge in [0.1, 0.15) is 5.25 Å². The van der Waals surface area contributed by atoms with Crippen molar-refractivity contribution in [3.63, 3.8) is 0 Å². The van der Waals surface area contributed by atoms with Gasteiger partial charge in [-0.3, -0.25) is 14.4 Å². The zero-order valence-corrected chi connectivity index (χ0v) is 19.5. The molecule has 3 amide bonds. The van der Waals surface area contributed by atoms with Crippen LogP contribution in [0, 0.1) is 0 Å². The molecule has 1 aromatic rings. The number of benzene rings is 1. The zero-order chi connectivity index (χ0) is 22.9. The molecular formula is C21H26N4O5S2. The summed E-state index contributed by atoms with van der Waals surface area (Å²) in [4.78, 5) is 44.9. The second-order valence-corrected chi connectivity index (χ2v) is 11.7. The van der Waals surface area contributed by atoms with E-state index in [0.717, 1.165) is 25.9 Å². The van der Waals surface area contributed by atoms with Crippen molar-refractivity contribution in [3.8, 4) is 0 Å². The van der Waals surface area contributed by atoms with Gasteiger partial charge in [0.25, 0.3) is 11.8 Å². The Kier molecular flexibility index (Phi) is 6.57. The SMILES string of the molecule is CN(C(=O)c1ccc(NC(=O)C[C@@H]2SC(N3CCCC3)=NC2=O)cc1)[C@H]1CCS(=O)(=O)C1. The number of likely N-dealkylation sites (tertiary alicyclic amines) is 1. The molecular weight excluding hydrogens is 452 g/mol. The van der Waals surface area contributed by atoms with Crippen molar-refractivity contribution in [2.75, 3.05) is 37.0 Å². The highest BCUT2D eigenvalue weighted by atomic mass is 32.2. The minimum Gasteiger partial charge on any atom is -0.351 e. The Morgan fingerprint density at radius 1 is 1.22 bits per heavy atom. The molecule has 0 bridgehead atoms. The molecule has 2 saturated heterocycles. The molecule has 0 aromatic heterocycles. The third-order valence-electron chi connectivity index (χ3n) is 5.97. The molecule has 0 radical (unpaired) electrons. The number of amides is 3. The van der Waals surface area contributed by atoms with E-state index < -0.39 is 15.1 Å². The first kappa shape index (κ1) is 22.8. The van der Waals surface area contributed by atoms with Gasteiger partial charge >= 0.3 is 0 Å². The maximum atomic E-state index is 12.7. The van der Waals surface area contributed by atoms with Crippen LogP contribution in [0.3, 0.4) is 0 Å². The summed E-state index contributed by atoms with van der Waals surface area (Å²) in [5.41, 5.74) is 0.939. The van der Waals surface area contributed by atoms with Crippen LogP contribution in [0.5, 0.6) is 0 Å². The highest BCUT2D eigenvalue weighted by Crippen LogP contribution is 2.29. The smallest absolute Gasteiger partial charge is 0.262 e. The van der Waals surface area contributed by atoms with Gasteiger partial charge in [0.05, 0.1) is 11.5 Å². The number of carbonyl (C=O) groups excluding carboxylic acids is 3. The fourth-order valence-corrected chi connectivity index (χ4v) is 6.97. The molecule has 1 N–H and O–H groups in total. The number of nitrogens with one attached hydrogen (secondary N) is 1. The van der Waals surface area contributed by atoms with Gasteiger partial charge in [0.15, 0.2) is 15.0 Å². The molecule has 3 aliphatic rings. The van der Waals surface area contributed by atoms with Crippen molar-refractivity contribution in [1.82, 2.24) is 9.80 Å². The topological polar surface area (TPSA) is 116 Å². The van der Waals surface area contributed by atoms with Crippen molar-refractivity contribution in [2.24, 2.45) is 4.99 Å². The van der Waals surface area contributed by atoms with Gasteiger partial charge in [-0.15, -0.1) is 0 Å². The molecule has 4 rings (SSSR count). The van der Waals surface area contributed by atoms with Crippen molar-refractivity contribution in [3.05, 3.63) is 29.8 Å². The predicted octanol–water partition coefficient (Wildman–Crippen LogP) is 1.37. The number of anilines is 1. The van der Waals surface area contributed by atoms with E-state index in [4.69, 9.17) is 0 Å². The Labute approximate surface area is 191 Å². The van der Waals surface area contributed by atoms with Crippen molar-refractivity contribution in [1.29, 1.82) is 0 Å². The summed E-state index contributed by atoms with van der Waals surface area (Å²) in [5, 5.41) is 2.97. The lowest BCUT2D eigenvalue weighted by Gasteiger charge is -2.23. The fraction of sp³-hybridized carbons (Fsp3) is 0.524. The number of nitrogens with zero attached hydrogens (tertiary/aromatic N) is 3. The Morgan fingerprint density at radius 3 is 2.53 bits per heavy atom. The third kappa shape index (κ3) is 5.15. The first-order valence-electron chi connectivity index (χ1n) is 10.6. The molecule has 32 heavy (non-hydrogen) atoms. The highest BCUT2D eigenvalue weighted by molar-refractivity contribution is 8.15. The van der Waals surface area contributed by atoms with Gasteiger partial charge in [-0.25, -0.2) is 8.42 Å². The predicted molar refractivity (Wildman–Crippen MR) is 123 cm³/mol. The van der Waals surface area contributed by atoms with Crippen LogP contribution in [-0.4, -0.2) is 84.0 Å². The van der Waals surface area contributed by atoms with E-state index in [-0.39, 0.29) is 41.7 Å². The van der Waals surface area contributed by atoms with E-state index in [1.807, 2.05) is 0 Å².